The van der Waals surface area contributed by atoms with Gasteiger partial charge in [0.1, 0.15) is 18.4 Å². The van der Waals surface area contributed by atoms with Crippen molar-refractivity contribution in [3.63, 3.8) is 0 Å². The molecule has 1 N–H and O–H groups in total. The summed E-state index contributed by atoms with van der Waals surface area (Å²) in [6, 6.07) is 17.3. The van der Waals surface area contributed by atoms with Crippen molar-refractivity contribution in [3.8, 4) is 0 Å². The van der Waals surface area contributed by atoms with E-state index < -0.39 is 40.2 Å². The van der Waals surface area contributed by atoms with Crippen LogP contribution >= 0.6 is 11.6 Å². The maximum Gasteiger partial charge on any atom is 0.264 e. The highest BCUT2D eigenvalue weighted by atomic mass is 35.5. The zero-order chi connectivity index (χ0) is 28.7. The zero-order valence-corrected chi connectivity index (χ0v) is 24.0. The third kappa shape index (κ3) is 7.36. The zero-order valence-electron chi connectivity index (χ0n) is 22.4. The SMILES string of the molecule is CCC(C)NC(=O)C(C)N(Cc1ccccc1F)C(=O)CN(c1ccccc1C)S(=O)(=O)c1ccc(Cl)cc1. The van der Waals surface area contributed by atoms with Gasteiger partial charge in [-0.05, 0) is 69.2 Å². The lowest BCUT2D eigenvalue weighted by Gasteiger charge is -2.33. The number of anilines is 1. The summed E-state index contributed by atoms with van der Waals surface area (Å²) in [6.45, 7) is 6.21. The van der Waals surface area contributed by atoms with Crippen molar-refractivity contribution >= 4 is 39.1 Å². The van der Waals surface area contributed by atoms with Gasteiger partial charge in [-0.3, -0.25) is 13.9 Å². The van der Waals surface area contributed by atoms with Crippen molar-refractivity contribution in [1.29, 1.82) is 0 Å². The van der Waals surface area contributed by atoms with Crippen molar-refractivity contribution < 1.29 is 22.4 Å². The van der Waals surface area contributed by atoms with Crippen LogP contribution in [0, 0.1) is 12.7 Å². The Bertz CT molecular complexity index is 1420. The van der Waals surface area contributed by atoms with Crippen molar-refractivity contribution in [2.75, 3.05) is 10.8 Å². The minimum atomic E-state index is -4.22. The average Bonchev–Trinajstić information content (AvgIpc) is 2.91. The molecule has 208 valence electrons. The topological polar surface area (TPSA) is 86.8 Å². The quantitative estimate of drug-likeness (QED) is 0.337. The van der Waals surface area contributed by atoms with Gasteiger partial charge in [-0.2, -0.15) is 0 Å². The number of hydrogen-bond donors (Lipinski definition) is 1. The highest BCUT2D eigenvalue weighted by molar-refractivity contribution is 7.92. The summed E-state index contributed by atoms with van der Waals surface area (Å²) in [7, 11) is -4.22. The summed E-state index contributed by atoms with van der Waals surface area (Å²) in [5.41, 5.74) is 1.14. The lowest BCUT2D eigenvalue weighted by molar-refractivity contribution is -0.139. The first kappa shape index (κ1) is 30.1. The highest BCUT2D eigenvalue weighted by Crippen LogP contribution is 2.28. The van der Waals surface area contributed by atoms with E-state index in [-0.39, 0.29) is 23.0 Å². The molecule has 0 aliphatic rings. The molecule has 0 saturated carbocycles. The number of benzene rings is 3. The normalized spacial score (nSPS) is 12.9. The fourth-order valence-electron chi connectivity index (χ4n) is 3.95. The molecule has 0 aliphatic carbocycles. The summed E-state index contributed by atoms with van der Waals surface area (Å²) in [5, 5.41) is 3.22. The number of nitrogens with zero attached hydrogens (tertiary/aromatic N) is 2. The fourth-order valence-corrected chi connectivity index (χ4v) is 5.55. The van der Waals surface area contributed by atoms with Crippen LogP contribution in [0.3, 0.4) is 0 Å². The fraction of sp³-hybridized carbons (Fsp3) is 0.310. The molecule has 0 fully saturated rings. The standard InChI is InChI=1S/C29H33ClFN3O4S/c1-5-21(3)32-29(36)22(4)33(18-23-11-7-8-12-26(23)31)28(35)19-34(27-13-9-6-10-20(27)2)39(37,38)25-16-14-24(30)15-17-25/h6-17,21-22H,5,18-19H2,1-4H3,(H,32,36). The van der Waals surface area contributed by atoms with Gasteiger partial charge < -0.3 is 10.2 Å². The third-order valence-corrected chi connectivity index (χ3v) is 8.56. The van der Waals surface area contributed by atoms with Crippen LogP contribution in [0.2, 0.25) is 5.02 Å². The number of carbonyl (C=O) groups excluding carboxylic acids is 2. The van der Waals surface area contributed by atoms with Gasteiger partial charge in [0.2, 0.25) is 11.8 Å². The van der Waals surface area contributed by atoms with E-state index >= 15 is 0 Å². The molecule has 7 nitrogen and oxygen atoms in total. The monoisotopic (exact) mass is 573 g/mol. The molecule has 0 aliphatic heterocycles. The maximum absolute atomic E-state index is 14.6. The van der Waals surface area contributed by atoms with Gasteiger partial charge in [-0.1, -0.05) is 54.9 Å². The second-order valence-corrected chi connectivity index (χ2v) is 11.7. The Balaban J connectivity index is 2.05. The first-order chi connectivity index (χ1) is 18.4. The predicted octanol–water partition coefficient (Wildman–Crippen LogP) is 5.31. The van der Waals surface area contributed by atoms with Crippen LogP contribution in [0.1, 0.15) is 38.3 Å². The van der Waals surface area contributed by atoms with E-state index in [9.17, 15) is 22.4 Å². The van der Waals surface area contributed by atoms with Crippen LogP contribution < -0.4 is 9.62 Å². The molecular weight excluding hydrogens is 541 g/mol. The average molecular weight is 574 g/mol. The van der Waals surface area contributed by atoms with Crippen molar-refractivity contribution in [2.45, 2.75) is 57.6 Å². The maximum atomic E-state index is 14.6. The van der Waals surface area contributed by atoms with Gasteiger partial charge in [0.05, 0.1) is 10.6 Å². The Morgan fingerprint density at radius 2 is 1.59 bits per heavy atom. The number of para-hydroxylation sites is 1. The van der Waals surface area contributed by atoms with Gasteiger partial charge >= 0.3 is 0 Å². The molecule has 0 bridgehead atoms. The molecule has 2 atom stereocenters. The van der Waals surface area contributed by atoms with Crippen LogP contribution in [0.25, 0.3) is 0 Å². The number of amides is 2. The Kier molecular flexibility index (Phi) is 10.1. The lowest BCUT2D eigenvalue weighted by atomic mass is 10.1. The number of nitrogens with one attached hydrogen (secondary N) is 1. The molecule has 10 heteroatoms. The molecule has 0 saturated heterocycles. The molecule has 3 rings (SSSR count). The number of sulfonamides is 1. The second-order valence-electron chi connectivity index (χ2n) is 9.36. The first-order valence-electron chi connectivity index (χ1n) is 12.6. The molecule has 39 heavy (non-hydrogen) atoms. The second kappa shape index (κ2) is 13.1. The molecule has 0 radical (unpaired) electrons. The third-order valence-electron chi connectivity index (χ3n) is 6.53. The minimum absolute atomic E-state index is 0.0498. The Morgan fingerprint density at radius 1 is 0.974 bits per heavy atom. The summed E-state index contributed by atoms with van der Waals surface area (Å²) in [5.74, 6) is -1.61. The Labute approximate surface area is 234 Å². The van der Waals surface area contributed by atoms with E-state index in [2.05, 4.69) is 5.32 Å². The number of halogens is 2. The number of aryl methyl sites for hydroxylation is 1. The molecule has 0 heterocycles. The molecule has 0 aromatic heterocycles. The van der Waals surface area contributed by atoms with Crippen molar-refractivity contribution in [2.24, 2.45) is 0 Å². The van der Waals surface area contributed by atoms with Gasteiger partial charge in [0.15, 0.2) is 0 Å². The highest BCUT2D eigenvalue weighted by Gasteiger charge is 2.33. The van der Waals surface area contributed by atoms with Crippen LogP contribution in [0.4, 0.5) is 10.1 Å². The summed E-state index contributed by atoms with van der Waals surface area (Å²) in [6.07, 6.45) is 0.681. The molecule has 3 aromatic rings. The van der Waals surface area contributed by atoms with Gasteiger partial charge in [0, 0.05) is 23.2 Å². The minimum Gasteiger partial charge on any atom is -0.352 e. The van der Waals surface area contributed by atoms with Crippen LogP contribution in [0.5, 0.6) is 0 Å². The van der Waals surface area contributed by atoms with Crippen LogP contribution in [0.15, 0.2) is 77.7 Å². The smallest absolute Gasteiger partial charge is 0.264 e. The van der Waals surface area contributed by atoms with Crippen LogP contribution in [-0.2, 0) is 26.2 Å². The molecule has 2 amide bonds. The summed E-state index contributed by atoms with van der Waals surface area (Å²) in [4.78, 5) is 28.1. The van der Waals surface area contributed by atoms with Crippen molar-refractivity contribution in [1.82, 2.24) is 10.2 Å². The predicted molar refractivity (Wildman–Crippen MR) is 151 cm³/mol. The first-order valence-corrected chi connectivity index (χ1v) is 14.4. The largest absolute Gasteiger partial charge is 0.352 e. The van der Waals surface area contributed by atoms with E-state index in [1.807, 2.05) is 13.8 Å². The molecule has 2 unspecified atom stereocenters. The summed E-state index contributed by atoms with van der Waals surface area (Å²) < 4.78 is 43.3. The number of carbonyl (C=O) groups is 2. The number of hydrogen-bond acceptors (Lipinski definition) is 4. The van der Waals surface area contributed by atoms with E-state index in [4.69, 9.17) is 11.6 Å². The lowest BCUT2D eigenvalue weighted by Crippen LogP contribution is -2.52. The summed E-state index contributed by atoms with van der Waals surface area (Å²) >= 11 is 5.97. The Hall–Kier alpha value is -3.43. The van der Waals surface area contributed by atoms with E-state index in [1.54, 1.807) is 44.2 Å². The van der Waals surface area contributed by atoms with E-state index in [1.165, 1.54) is 47.4 Å². The molecule has 0 spiro atoms. The van der Waals surface area contributed by atoms with Crippen LogP contribution in [-0.4, -0.2) is 43.8 Å². The van der Waals surface area contributed by atoms with Gasteiger partial charge in [-0.15, -0.1) is 0 Å². The number of rotatable bonds is 11. The van der Waals surface area contributed by atoms with Gasteiger partial charge in [-0.25, -0.2) is 12.8 Å². The van der Waals surface area contributed by atoms with E-state index in [0.717, 1.165) is 4.31 Å². The van der Waals surface area contributed by atoms with Gasteiger partial charge in [0.25, 0.3) is 10.0 Å². The molecular formula is C29H33ClFN3O4S. The van der Waals surface area contributed by atoms with E-state index in [0.29, 0.717) is 22.7 Å². The Morgan fingerprint density at radius 3 is 2.21 bits per heavy atom. The van der Waals surface area contributed by atoms with Crippen molar-refractivity contribution in [3.05, 3.63) is 94.8 Å². The molecule has 3 aromatic carbocycles.